The highest BCUT2D eigenvalue weighted by atomic mass is 16.1. The van der Waals surface area contributed by atoms with Crippen LogP contribution in [0.4, 0.5) is 0 Å². The van der Waals surface area contributed by atoms with Crippen LogP contribution < -0.4 is 0 Å². The summed E-state index contributed by atoms with van der Waals surface area (Å²) < 4.78 is 0. The molecule has 0 saturated carbocycles. The van der Waals surface area contributed by atoms with Crippen LogP contribution >= 0.6 is 0 Å². The van der Waals surface area contributed by atoms with Crippen molar-refractivity contribution >= 4 is 5.78 Å². The van der Waals surface area contributed by atoms with Gasteiger partial charge in [0.2, 0.25) is 0 Å². The molecule has 0 radical (unpaired) electrons. The average molecular weight is 166 g/mol. The molecular weight excluding hydrogens is 148 g/mol. The summed E-state index contributed by atoms with van der Waals surface area (Å²) in [7, 11) is 0. The summed E-state index contributed by atoms with van der Waals surface area (Å²) in [6.45, 7) is 11.7. The first kappa shape index (κ1) is 11.2. The first-order chi connectivity index (χ1) is 5.37. The van der Waals surface area contributed by atoms with Crippen LogP contribution in [0.15, 0.2) is 22.3 Å². The first-order valence-electron chi connectivity index (χ1n) is 4.20. The lowest BCUT2D eigenvalue weighted by molar-refractivity contribution is -0.113. The summed E-state index contributed by atoms with van der Waals surface area (Å²) in [6.07, 6.45) is 0. The van der Waals surface area contributed by atoms with Crippen molar-refractivity contribution in [3.05, 3.63) is 22.3 Å². The van der Waals surface area contributed by atoms with Gasteiger partial charge in [0.05, 0.1) is 0 Å². The van der Waals surface area contributed by atoms with Crippen LogP contribution in [0.5, 0.6) is 0 Å². The van der Waals surface area contributed by atoms with Crippen molar-refractivity contribution < 1.29 is 4.79 Å². The second kappa shape index (κ2) is 4.24. The van der Waals surface area contributed by atoms with E-state index < -0.39 is 0 Å². The Kier molecular flexibility index (Phi) is 3.94. The first-order valence-corrected chi connectivity index (χ1v) is 4.20. The van der Waals surface area contributed by atoms with E-state index in [0.717, 1.165) is 11.1 Å². The molecule has 0 aliphatic carbocycles. The minimum atomic E-state index is 0.160. The van der Waals surface area contributed by atoms with Gasteiger partial charge >= 0.3 is 0 Å². The zero-order valence-corrected chi connectivity index (χ0v) is 8.91. The number of ketones is 1. The smallest absolute Gasteiger partial charge is 0.155 e. The number of hydrogen-bond donors (Lipinski definition) is 0. The van der Waals surface area contributed by atoms with Crippen molar-refractivity contribution in [2.75, 3.05) is 0 Å². The molecule has 0 fully saturated rings. The fourth-order valence-electron chi connectivity index (χ4n) is 0.920. The third-order valence-corrected chi connectivity index (χ3v) is 2.40. The van der Waals surface area contributed by atoms with E-state index in [0.29, 0.717) is 0 Å². The monoisotopic (exact) mass is 166 g/mol. The molecule has 0 saturated heterocycles. The summed E-state index contributed by atoms with van der Waals surface area (Å²) in [5, 5.41) is 0. The number of hydrogen-bond acceptors (Lipinski definition) is 1. The number of carbonyl (C=O) groups is 1. The predicted molar refractivity (Wildman–Crippen MR) is 53.1 cm³/mol. The fraction of sp³-hybridized carbons (Fsp3) is 0.545. The maximum Gasteiger partial charge on any atom is 0.155 e. The minimum Gasteiger partial charge on any atom is -0.295 e. The van der Waals surface area contributed by atoms with E-state index in [1.165, 1.54) is 11.1 Å². The highest BCUT2D eigenvalue weighted by molar-refractivity contribution is 5.94. The maximum absolute atomic E-state index is 11.0. The van der Waals surface area contributed by atoms with Crippen molar-refractivity contribution in [3.63, 3.8) is 0 Å². The molecule has 0 aromatic rings. The zero-order chi connectivity index (χ0) is 9.89. The lowest BCUT2D eigenvalue weighted by atomic mass is 9.98. The molecule has 12 heavy (non-hydrogen) atoms. The Bertz CT molecular complexity index is 250. The lowest BCUT2D eigenvalue weighted by Crippen LogP contribution is -1.97. The Morgan fingerprint density at radius 1 is 0.667 bits per heavy atom. The number of allylic oxidation sites excluding steroid dienone is 4. The molecule has 0 bridgehead atoms. The van der Waals surface area contributed by atoms with E-state index in [9.17, 15) is 4.79 Å². The van der Waals surface area contributed by atoms with Crippen molar-refractivity contribution in [2.24, 2.45) is 0 Å². The zero-order valence-electron chi connectivity index (χ0n) is 8.91. The molecule has 0 aromatic carbocycles. The number of Topliss-reactive ketones (excluding diaryl/α,β-unsaturated/α-hetero) is 1. The van der Waals surface area contributed by atoms with Crippen molar-refractivity contribution in [2.45, 2.75) is 41.5 Å². The van der Waals surface area contributed by atoms with Gasteiger partial charge in [-0.1, -0.05) is 5.57 Å². The summed E-state index contributed by atoms with van der Waals surface area (Å²) >= 11 is 0. The topological polar surface area (TPSA) is 17.1 Å². The molecule has 68 valence electrons. The summed E-state index contributed by atoms with van der Waals surface area (Å²) in [5.41, 5.74) is 4.48. The van der Waals surface area contributed by atoms with E-state index in [1.807, 2.05) is 13.8 Å². The lowest BCUT2D eigenvalue weighted by Gasteiger charge is -2.07. The molecule has 0 heterocycles. The second-order valence-corrected chi connectivity index (χ2v) is 3.43. The van der Waals surface area contributed by atoms with Gasteiger partial charge in [-0.3, -0.25) is 4.79 Å². The Morgan fingerprint density at radius 3 is 1.33 bits per heavy atom. The Balaban J connectivity index is 5.06. The molecule has 0 spiro atoms. The normalized spacial score (nSPS) is 12.2. The molecule has 0 aromatic heterocycles. The molecule has 0 rings (SSSR count). The van der Waals surface area contributed by atoms with Crippen molar-refractivity contribution in [1.29, 1.82) is 0 Å². The Hall–Kier alpha value is -0.850. The van der Waals surface area contributed by atoms with Crippen LogP contribution in [-0.4, -0.2) is 5.78 Å². The molecule has 0 aliphatic heterocycles. The van der Waals surface area contributed by atoms with Gasteiger partial charge in [0, 0.05) is 0 Å². The third-order valence-electron chi connectivity index (χ3n) is 2.40. The van der Waals surface area contributed by atoms with Gasteiger partial charge in [-0.05, 0) is 58.3 Å². The number of rotatable bonds is 2. The molecule has 1 nitrogen and oxygen atoms in total. The third kappa shape index (κ3) is 2.65. The largest absolute Gasteiger partial charge is 0.295 e. The molecule has 1 heteroatoms. The van der Waals surface area contributed by atoms with E-state index in [-0.39, 0.29) is 5.78 Å². The summed E-state index contributed by atoms with van der Waals surface area (Å²) in [5.74, 6) is 0.160. The molecule has 0 amide bonds. The summed E-state index contributed by atoms with van der Waals surface area (Å²) in [4.78, 5) is 11.0. The van der Waals surface area contributed by atoms with Crippen LogP contribution in [0.3, 0.4) is 0 Å². The number of carbonyl (C=O) groups excluding carboxylic acids is 1. The average Bonchev–Trinajstić information content (AvgIpc) is 2.00. The maximum atomic E-state index is 11.0. The predicted octanol–water partition coefficient (Wildman–Crippen LogP) is 3.27. The van der Waals surface area contributed by atoms with Gasteiger partial charge in [0.25, 0.3) is 0 Å². The van der Waals surface area contributed by atoms with Crippen LogP contribution in [-0.2, 0) is 4.79 Å². The van der Waals surface area contributed by atoms with E-state index in [1.54, 1.807) is 6.92 Å². The fourth-order valence-corrected chi connectivity index (χ4v) is 0.920. The highest BCUT2D eigenvalue weighted by Crippen LogP contribution is 2.17. The van der Waals surface area contributed by atoms with Crippen LogP contribution in [0.2, 0.25) is 0 Å². The van der Waals surface area contributed by atoms with Gasteiger partial charge in [0.15, 0.2) is 5.78 Å². The molecular formula is C11H18O. The summed E-state index contributed by atoms with van der Waals surface area (Å²) in [6, 6.07) is 0. The van der Waals surface area contributed by atoms with E-state index >= 15 is 0 Å². The Labute approximate surface area is 75.2 Å². The molecule has 0 unspecified atom stereocenters. The molecule has 0 atom stereocenters. The quantitative estimate of drug-likeness (QED) is 0.454. The van der Waals surface area contributed by atoms with Gasteiger partial charge < -0.3 is 0 Å². The highest BCUT2D eigenvalue weighted by Gasteiger charge is 2.04. The van der Waals surface area contributed by atoms with Gasteiger partial charge in [-0.15, -0.1) is 0 Å². The van der Waals surface area contributed by atoms with Crippen LogP contribution in [0.1, 0.15) is 41.5 Å². The van der Waals surface area contributed by atoms with Gasteiger partial charge in [-0.25, -0.2) is 0 Å². The van der Waals surface area contributed by atoms with Crippen molar-refractivity contribution in [1.82, 2.24) is 0 Å². The molecule has 0 aliphatic rings. The second-order valence-electron chi connectivity index (χ2n) is 3.43. The SMILES string of the molecule is CC(=O)/C(C)=C(/C)C(C)=C(C)C. The standard InChI is InChI=1S/C11H18O/c1-7(2)8(3)9(4)10(5)11(6)12/h1-6H3/b10-9-. The van der Waals surface area contributed by atoms with Crippen LogP contribution in [0, 0.1) is 0 Å². The van der Waals surface area contributed by atoms with Gasteiger partial charge in [-0.2, -0.15) is 0 Å². The van der Waals surface area contributed by atoms with E-state index in [2.05, 4.69) is 20.8 Å². The van der Waals surface area contributed by atoms with E-state index in [4.69, 9.17) is 0 Å². The van der Waals surface area contributed by atoms with Gasteiger partial charge in [0.1, 0.15) is 0 Å². The molecule has 0 N–H and O–H groups in total. The Morgan fingerprint density at radius 2 is 1.08 bits per heavy atom. The van der Waals surface area contributed by atoms with Crippen LogP contribution in [0.25, 0.3) is 0 Å². The van der Waals surface area contributed by atoms with Crippen molar-refractivity contribution in [3.8, 4) is 0 Å². The minimum absolute atomic E-state index is 0.160.